The highest BCUT2D eigenvalue weighted by Crippen LogP contribution is 2.38. The molecule has 3 aromatic rings. The first-order valence-electron chi connectivity index (χ1n) is 12.2. The summed E-state index contributed by atoms with van der Waals surface area (Å²) >= 11 is 0. The van der Waals surface area contributed by atoms with E-state index in [0.29, 0.717) is 5.95 Å². The van der Waals surface area contributed by atoms with Crippen molar-refractivity contribution in [1.29, 1.82) is 0 Å². The second-order valence-electron chi connectivity index (χ2n) is 9.40. The van der Waals surface area contributed by atoms with E-state index in [0.717, 1.165) is 67.5 Å². The molecule has 0 bridgehead atoms. The lowest BCUT2D eigenvalue weighted by Gasteiger charge is -2.28. The van der Waals surface area contributed by atoms with Crippen molar-refractivity contribution < 1.29 is 4.39 Å². The third kappa shape index (κ3) is 4.87. The highest BCUT2D eigenvalue weighted by molar-refractivity contribution is 5.66. The van der Waals surface area contributed by atoms with Crippen LogP contribution in [0.25, 0.3) is 11.1 Å². The third-order valence-corrected chi connectivity index (χ3v) is 6.72. The van der Waals surface area contributed by atoms with Gasteiger partial charge < -0.3 is 9.80 Å². The molecule has 0 spiro atoms. The summed E-state index contributed by atoms with van der Waals surface area (Å²) in [4.78, 5) is 25.6. The molecule has 7 nitrogen and oxygen atoms in total. The van der Waals surface area contributed by atoms with Gasteiger partial charge in [0.05, 0.1) is 17.4 Å². The summed E-state index contributed by atoms with van der Waals surface area (Å²) in [5.74, 6) is 1.25. The number of hydrogen-bond donors (Lipinski definition) is 0. The minimum absolute atomic E-state index is 0.119. The lowest BCUT2D eigenvalue weighted by molar-refractivity contribution is 0.242. The van der Waals surface area contributed by atoms with Crippen LogP contribution in [0.5, 0.6) is 0 Å². The Labute approximate surface area is 200 Å². The van der Waals surface area contributed by atoms with Crippen LogP contribution in [-0.4, -0.2) is 58.6 Å². The highest BCUT2D eigenvalue weighted by Gasteiger charge is 2.31. The molecular weight excluding hydrogens is 429 g/mol. The molecular formula is C26H32FN7. The van der Waals surface area contributed by atoms with E-state index in [1.54, 1.807) is 12.1 Å². The van der Waals surface area contributed by atoms with Crippen molar-refractivity contribution in [2.24, 2.45) is 0 Å². The van der Waals surface area contributed by atoms with E-state index >= 15 is 0 Å². The molecule has 2 aromatic heterocycles. The summed E-state index contributed by atoms with van der Waals surface area (Å²) in [6.07, 6.45) is 9.48. The number of hydrogen-bond acceptors (Lipinski definition) is 7. The minimum Gasteiger partial charge on any atom is -0.347 e. The predicted molar refractivity (Wildman–Crippen MR) is 132 cm³/mol. The van der Waals surface area contributed by atoms with Gasteiger partial charge >= 0.3 is 0 Å². The summed E-state index contributed by atoms with van der Waals surface area (Å²) in [5, 5.41) is 0. The van der Waals surface area contributed by atoms with Crippen molar-refractivity contribution in [2.75, 3.05) is 43.5 Å². The predicted octanol–water partition coefficient (Wildman–Crippen LogP) is 4.47. The van der Waals surface area contributed by atoms with Gasteiger partial charge in [-0.25, -0.2) is 24.3 Å². The summed E-state index contributed by atoms with van der Waals surface area (Å²) in [6, 6.07) is 8.83. The molecule has 0 amide bonds. The van der Waals surface area contributed by atoms with Crippen molar-refractivity contribution in [2.45, 2.75) is 44.7 Å². The first kappa shape index (κ1) is 22.7. The van der Waals surface area contributed by atoms with Crippen LogP contribution >= 0.6 is 0 Å². The van der Waals surface area contributed by atoms with Crippen LogP contribution in [0.15, 0.2) is 42.7 Å². The lowest BCUT2D eigenvalue weighted by atomic mass is 9.99. The molecule has 2 fully saturated rings. The van der Waals surface area contributed by atoms with Gasteiger partial charge in [0.2, 0.25) is 11.9 Å². The van der Waals surface area contributed by atoms with Gasteiger partial charge in [-0.1, -0.05) is 12.1 Å². The SMILES string of the molecule is CN(C)c1ncc(-c2cccc(F)c2)c(C2CCCN2Cc2ccnc(N3CCCCC3)n2)n1. The average Bonchev–Trinajstić information content (AvgIpc) is 3.32. The molecule has 2 saturated heterocycles. The van der Waals surface area contributed by atoms with Crippen LogP contribution in [0.1, 0.15) is 49.5 Å². The minimum atomic E-state index is -0.255. The fourth-order valence-electron chi connectivity index (χ4n) is 4.99. The Morgan fingerprint density at radius 1 is 1.00 bits per heavy atom. The van der Waals surface area contributed by atoms with Crippen LogP contribution < -0.4 is 9.80 Å². The maximum absolute atomic E-state index is 14.0. The van der Waals surface area contributed by atoms with Gasteiger partial charge in [0.25, 0.3) is 0 Å². The average molecular weight is 462 g/mol. The van der Waals surface area contributed by atoms with Crippen LogP contribution in [0, 0.1) is 5.82 Å². The Kier molecular flexibility index (Phi) is 6.67. The molecule has 0 aliphatic carbocycles. The molecule has 1 atom stereocenters. The quantitative estimate of drug-likeness (QED) is 0.537. The van der Waals surface area contributed by atoms with Crippen molar-refractivity contribution in [1.82, 2.24) is 24.8 Å². The van der Waals surface area contributed by atoms with Crippen LogP contribution in [0.2, 0.25) is 0 Å². The van der Waals surface area contributed by atoms with Crippen molar-refractivity contribution >= 4 is 11.9 Å². The molecule has 1 unspecified atom stereocenters. The van der Waals surface area contributed by atoms with Gasteiger partial charge in [-0.2, -0.15) is 0 Å². The zero-order valence-electron chi connectivity index (χ0n) is 20.0. The van der Waals surface area contributed by atoms with E-state index in [-0.39, 0.29) is 11.9 Å². The number of nitrogens with zero attached hydrogens (tertiary/aromatic N) is 7. The van der Waals surface area contributed by atoms with Gasteiger partial charge in [-0.15, -0.1) is 0 Å². The molecule has 5 rings (SSSR count). The van der Waals surface area contributed by atoms with Crippen LogP contribution in [-0.2, 0) is 6.54 Å². The topological polar surface area (TPSA) is 61.3 Å². The third-order valence-electron chi connectivity index (χ3n) is 6.72. The van der Waals surface area contributed by atoms with Gasteiger partial charge in [0.1, 0.15) is 5.82 Å². The van der Waals surface area contributed by atoms with E-state index in [4.69, 9.17) is 9.97 Å². The summed E-state index contributed by atoms with van der Waals surface area (Å²) in [6.45, 7) is 3.76. The molecule has 34 heavy (non-hydrogen) atoms. The molecule has 4 heterocycles. The molecule has 8 heteroatoms. The van der Waals surface area contributed by atoms with Crippen LogP contribution in [0.3, 0.4) is 0 Å². The number of halogens is 1. The Morgan fingerprint density at radius 2 is 1.85 bits per heavy atom. The molecule has 0 N–H and O–H groups in total. The highest BCUT2D eigenvalue weighted by atomic mass is 19.1. The zero-order chi connectivity index (χ0) is 23.5. The van der Waals surface area contributed by atoms with E-state index in [1.807, 2.05) is 43.5 Å². The first-order chi connectivity index (χ1) is 16.6. The smallest absolute Gasteiger partial charge is 0.225 e. The maximum atomic E-state index is 14.0. The van der Waals surface area contributed by atoms with Crippen molar-refractivity contribution in [3.05, 3.63) is 59.9 Å². The molecule has 2 aliphatic heterocycles. The van der Waals surface area contributed by atoms with Crippen LogP contribution in [0.4, 0.5) is 16.3 Å². The van der Waals surface area contributed by atoms with Gasteiger partial charge in [0.15, 0.2) is 0 Å². The summed E-state index contributed by atoms with van der Waals surface area (Å²) in [7, 11) is 3.88. The monoisotopic (exact) mass is 461 g/mol. The number of benzene rings is 1. The Bertz CT molecular complexity index is 1130. The largest absolute Gasteiger partial charge is 0.347 e. The second kappa shape index (κ2) is 10.0. The van der Waals surface area contributed by atoms with Gasteiger partial charge in [-0.05, 0) is 62.4 Å². The van der Waals surface area contributed by atoms with Gasteiger partial charge in [-0.3, -0.25) is 4.90 Å². The van der Waals surface area contributed by atoms with E-state index in [1.165, 1.54) is 25.3 Å². The number of likely N-dealkylation sites (tertiary alicyclic amines) is 1. The fraction of sp³-hybridized carbons (Fsp3) is 0.462. The Hall–Kier alpha value is -3.13. The Morgan fingerprint density at radius 3 is 2.65 bits per heavy atom. The van der Waals surface area contributed by atoms with Gasteiger partial charge in [0, 0.05) is 51.7 Å². The summed E-state index contributed by atoms with van der Waals surface area (Å²) < 4.78 is 14.0. The second-order valence-corrected chi connectivity index (χ2v) is 9.40. The molecule has 0 saturated carbocycles. The van der Waals surface area contributed by atoms with E-state index < -0.39 is 0 Å². The Balaban J connectivity index is 1.45. The van der Waals surface area contributed by atoms with Crippen molar-refractivity contribution in [3.63, 3.8) is 0 Å². The standard InChI is InChI=1S/C26H32FN7/c1-32(2)25-29-17-22(19-8-6-9-20(27)16-19)24(31-25)23-10-7-15-34(23)18-21-11-12-28-26(30-21)33-13-4-3-5-14-33/h6,8-9,11-12,16-17,23H,3-5,7,10,13-15,18H2,1-2H3. The zero-order valence-corrected chi connectivity index (χ0v) is 20.0. The van der Waals surface area contributed by atoms with E-state index in [9.17, 15) is 4.39 Å². The normalized spacial score (nSPS) is 18.9. The van der Waals surface area contributed by atoms with E-state index in [2.05, 4.69) is 19.8 Å². The number of aromatic nitrogens is 4. The number of piperidine rings is 1. The van der Waals surface area contributed by atoms with Crippen molar-refractivity contribution in [3.8, 4) is 11.1 Å². The number of anilines is 2. The summed E-state index contributed by atoms with van der Waals surface area (Å²) in [5.41, 5.74) is 3.67. The lowest BCUT2D eigenvalue weighted by Crippen LogP contribution is -2.31. The number of rotatable bonds is 6. The maximum Gasteiger partial charge on any atom is 0.225 e. The fourth-order valence-corrected chi connectivity index (χ4v) is 4.99. The molecule has 1 aromatic carbocycles. The first-order valence-corrected chi connectivity index (χ1v) is 12.2. The molecule has 2 aliphatic rings. The molecule has 178 valence electrons. The molecule has 0 radical (unpaired) electrons.